The van der Waals surface area contributed by atoms with Gasteiger partial charge >= 0.3 is 0 Å². The number of hydrogen-bond donors (Lipinski definition) is 1. The van der Waals surface area contributed by atoms with Crippen LogP contribution in [0.15, 0.2) is 54.7 Å². The van der Waals surface area contributed by atoms with Crippen molar-refractivity contribution in [3.05, 3.63) is 89.0 Å². The average Bonchev–Trinajstić information content (AvgIpc) is 2.96. The molecule has 5 heteroatoms. The highest BCUT2D eigenvalue weighted by Crippen LogP contribution is 2.31. The summed E-state index contributed by atoms with van der Waals surface area (Å²) in [6, 6.07) is 13.3. The molecule has 2 heterocycles. The van der Waals surface area contributed by atoms with E-state index in [1.165, 1.54) is 0 Å². The topological polar surface area (TPSA) is 17.0 Å². The first-order valence-electron chi connectivity index (χ1n) is 7.28. The molecule has 0 amide bonds. The Hall–Kier alpha value is -2.53. The molecule has 4 rings (SSSR count). The van der Waals surface area contributed by atoms with Gasteiger partial charge in [-0.05, 0) is 41.5 Å². The molecule has 3 aromatic rings. The normalized spacial score (nSPS) is 16.6. The Kier molecular flexibility index (Phi) is 3.23. The average molecular weight is 314 g/mol. The van der Waals surface area contributed by atoms with Gasteiger partial charge < -0.3 is 9.88 Å². The lowest BCUT2D eigenvalue weighted by atomic mass is 10.0. The van der Waals surface area contributed by atoms with E-state index in [0.717, 1.165) is 29.1 Å². The van der Waals surface area contributed by atoms with E-state index in [1.54, 1.807) is 0 Å². The maximum atomic E-state index is 13.6. The van der Waals surface area contributed by atoms with E-state index in [4.69, 9.17) is 0 Å². The lowest BCUT2D eigenvalue weighted by molar-refractivity contribution is 0.442. The molecular formula is C18H13F3N2. The van der Waals surface area contributed by atoms with Gasteiger partial charge in [0.2, 0.25) is 0 Å². The maximum absolute atomic E-state index is 13.6. The molecule has 2 aromatic carbocycles. The van der Waals surface area contributed by atoms with Crippen LogP contribution in [-0.2, 0) is 6.54 Å². The molecule has 23 heavy (non-hydrogen) atoms. The summed E-state index contributed by atoms with van der Waals surface area (Å²) in [6.07, 6.45) is 1.91. The second-order valence-corrected chi connectivity index (χ2v) is 5.54. The van der Waals surface area contributed by atoms with Crippen molar-refractivity contribution in [3.8, 4) is 5.69 Å². The minimum Gasteiger partial charge on any atom is -0.319 e. The van der Waals surface area contributed by atoms with Crippen molar-refractivity contribution >= 4 is 0 Å². The molecule has 0 bridgehead atoms. The number of nitrogens with zero attached hydrogens (tertiary/aromatic N) is 1. The van der Waals surface area contributed by atoms with E-state index in [1.807, 2.05) is 47.2 Å². The molecular weight excluding hydrogens is 301 g/mol. The van der Waals surface area contributed by atoms with Gasteiger partial charge in [-0.2, -0.15) is 0 Å². The fraction of sp³-hybridized carbons (Fsp3) is 0.111. The second kappa shape index (κ2) is 5.28. The zero-order valence-corrected chi connectivity index (χ0v) is 12.1. The van der Waals surface area contributed by atoms with Gasteiger partial charge in [-0.3, -0.25) is 0 Å². The largest absolute Gasteiger partial charge is 0.319 e. The highest BCUT2D eigenvalue weighted by Gasteiger charge is 2.24. The molecule has 1 atom stereocenters. The summed E-state index contributed by atoms with van der Waals surface area (Å²) in [5.41, 5.74) is 3.30. The SMILES string of the molecule is Fc1cc([C@H]2NCc3ccccc3-n3cccc32)cc(F)c1F. The van der Waals surface area contributed by atoms with E-state index < -0.39 is 23.5 Å². The van der Waals surface area contributed by atoms with Crippen molar-refractivity contribution in [1.29, 1.82) is 0 Å². The summed E-state index contributed by atoms with van der Waals surface area (Å²) >= 11 is 0. The van der Waals surface area contributed by atoms with Crippen LogP contribution in [0.2, 0.25) is 0 Å². The first kappa shape index (κ1) is 14.1. The third kappa shape index (κ3) is 2.24. The second-order valence-electron chi connectivity index (χ2n) is 5.54. The van der Waals surface area contributed by atoms with E-state index in [9.17, 15) is 13.2 Å². The highest BCUT2D eigenvalue weighted by atomic mass is 19.2. The number of fused-ring (bicyclic) bond motifs is 3. The Balaban J connectivity index is 1.87. The summed E-state index contributed by atoms with van der Waals surface area (Å²) in [5.74, 6) is -3.80. The molecule has 116 valence electrons. The van der Waals surface area contributed by atoms with Gasteiger partial charge in [0.15, 0.2) is 17.5 Å². The van der Waals surface area contributed by atoms with Crippen LogP contribution in [0.5, 0.6) is 0 Å². The molecule has 1 aromatic heterocycles. The number of hydrogen-bond acceptors (Lipinski definition) is 1. The number of halogens is 3. The predicted molar refractivity (Wildman–Crippen MR) is 80.8 cm³/mol. The fourth-order valence-electron chi connectivity index (χ4n) is 3.09. The van der Waals surface area contributed by atoms with Crippen LogP contribution in [0.4, 0.5) is 13.2 Å². The Morgan fingerprint density at radius 2 is 1.70 bits per heavy atom. The molecule has 0 radical (unpaired) electrons. The summed E-state index contributed by atoms with van der Waals surface area (Å²) in [5, 5.41) is 3.29. The number of para-hydroxylation sites is 1. The number of nitrogens with one attached hydrogen (secondary N) is 1. The van der Waals surface area contributed by atoms with E-state index >= 15 is 0 Å². The van der Waals surface area contributed by atoms with Crippen molar-refractivity contribution in [2.75, 3.05) is 0 Å². The monoisotopic (exact) mass is 314 g/mol. The van der Waals surface area contributed by atoms with Gasteiger partial charge in [-0.1, -0.05) is 18.2 Å². The molecule has 0 saturated heterocycles. The molecule has 0 aliphatic carbocycles. The van der Waals surface area contributed by atoms with Crippen molar-refractivity contribution in [2.24, 2.45) is 0 Å². The predicted octanol–water partition coefficient (Wildman–Crippen LogP) is 4.09. The van der Waals surface area contributed by atoms with Crippen LogP contribution >= 0.6 is 0 Å². The molecule has 0 saturated carbocycles. The number of aromatic nitrogens is 1. The standard InChI is InChI=1S/C18H13F3N2/c19-13-8-12(9-14(20)17(13)21)18-16-6-3-7-23(16)15-5-2-1-4-11(15)10-22-18/h1-9,18,22H,10H2/t18-/m1/s1. The summed E-state index contributed by atoms with van der Waals surface area (Å²) in [4.78, 5) is 0. The quantitative estimate of drug-likeness (QED) is 0.670. The van der Waals surface area contributed by atoms with Crippen LogP contribution < -0.4 is 5.32 Å². The van der Waals surface area contributed by atoms with Gasteiger partial charge in [0.25, 0.3) is 0 Å². The minimum atomic E-state index is -1.44. The van der Waals surface area contributed by atoms with Crippen LogP contribution in [0.25, 0.3) is 5.69 Å². The minimum absolute atomic E-state index is 0.356. The molecule has 0 spiro atoms. The Morgan fingerprint density at radius 1 is 0.957 bits per heavy atom. The summed E-state index contributed by atoms with van der Waals surface area (Å²) in [7, 11) is 0. The zero-order valence-electron chi connectivity index (χ0n) is 12.1. The highest BCUT2D eigenvalue weighted by molar-refractivity contribution is 5.46. The Labute approximate surface area is 131 Å². The third-order valence-electron chi connectivity index (χ3n) is 4.16. The Morgan fingerprint density at radius 3 is 2.48 bits per heavy atom. The maximum Gasteiger partial charge on any atom is 0.194 e. The molecule has 2 nitrogen and oxygen atoms in total. The number of rotatable bonds is 1. The van der Waals surface area contributed by atoms with Crippen molar-refractivity contribution in [3.63, 3.8) is 0 Å². The van der Waals surface area contributed by atoms with Gasteiger partial charge in [0, 0.05) is 24.1 Å². The third-order valence-corrected chi connectivity index (χ3v) is 4.16. The molecule has 0 fully saturated rings. The zero-order chi connectivity index (χ0) is 16.0. The van der Waals surface area contributed by atoms with Gasteiger partial charge in [0.05, 0.1) is 6.04 Å². The molecule has 1 N–H and O–H groups in total. The first-order chi connectivity index (χ1) is 11.1. The van der Waals surface area contributed by atoms with Gasteiger partial charge in [0.1, 0.15) is 0 Å². The summed E-state index contributed by atoms with van der Waals surface area (Å²) < 4.78 is 42.4. The summed E-state index contributed by atoms with van der Waals surface area (Å²) in [6.45, 7) is 0.545. The number of benzene rings is 2. The van der Waals surface area contributed by atoms with Crippen LogP contribution in [0.1, 0.15) is 22.9 Å². The smallest absolute Gasteiger partial charge is 0.194 e. The van der Waals surface area contributed by atoms with Crippen molar-refractivity contribution in [1.82, 2.24) is 9.88 Å². The molecule has 1 aliphatic rings. The van der Waals surface area contributed by atoms with Crippen molar-refractivity contribution in [2.45, 2.75) is 12.6 Å². The van der Waals surface area contributed by atoms with E-state index in [-0.39, 0.29) is 0 Å². The Bertz CT molecular complexity index is 862. The lowest BCUT2D eigenvalue weighted by Crippen LogP contribution is -2.21. The van der Waals surface area contributed by atoms with Gasteiger partial charge in [-0.25, -0.2) is 13.2 Å². The van der Waals surface area contributed by atoms with Crippen molar-refractivity contribution < 1.29 is 13.2 Å². The van der Waals surface area contributed by atoms with Crippen LogP contribution in [0.3, 0.4) is 0 Å². The van der Waals surface area contributed by atoms with Gasteiger partial charge in [-0.15, -0.1) is 0 Å². The first-order valence-corrected chi connectivity index (χ1v) is 7.28. The fourth-order valence-corrected chi connectivity index (χ4v) is 3.09. The molecule has 1 aliphatic heterocycles. The van der Waals surface area contributed by atoms with Crippen LogP contribution in [0, 0.1) is 17.5 Å². The lowest BCUT2D eigenvalue weighted by Gasteiger charge is -2.18. The van der Waals surface area contributed by atoms with E-state index in [0.29, 0.717) is 12.1 Å². The van der Waals surface area contributed by atoms with Crippen LogP contribution in [-0.4, -0.2) is 4.57 Å². The molecule has 0 unspecified atom stereocenters. The van der Waals surface area contributed by atoms with E-state index in [2.05, 4.69) is 5.32 Å².